The average molecular weight is 354 g/mol. The largest absolute Gasteiger partial charge is 0.435 e. The number of amides is 2. The van der Waals surface area contributed by atoms with Gasteiger partial charge in [-0.15, -0.1) is 0 Å². The first kappa shape index (κ1) is 18.5. The molecule has 2 rings (SSSR count). The quantitative estimate of drug-likeness (QED) is 0.884. The summed E-state index contributed by atoms with van der Waals surface area (Å²) in [5, 5.41) is 8.66. The van der Waals surface area contributed by atoms with Crippen molar-refractivity contribution in [2.24, 2.45) is 0 Å². The Morgan fingerprint density at radius 2 is 1.64 bits per heavy atom. The average Bonchev–Trinajstić information content (AvgIpc) is 2.90. The van der Waals surface area contributed by atoms with Crippen molar-refractivity contribution in [3.8, 4) is 0 Å². The van der Waals surface area contributed by atoms with Crippen molar-refractivity contribution in [1.82, 2.24) is 9.78 Å². The Morgan fingerprint density at radius 3 is 2.08 bits per heavy atom. The number of halogens is 3. The van der Waals surface area contributed by atoms with Gasteiger partial charge < -0.3 is 10.6 Å². The van der Waals surface area contributed by atoms with E-state index < -0.39 is 23.8 Å². The maximum atomic E-state index is 12.7. The molecule has 1 aromatic carbocycles. The summed E-state index contributed by atoms with van der Waals surface area (Å²) in [4.78, 5) is 23.2. The van der Waals surface area contributed by atoms with Gasteiger partial charge in [-0.25, -0.2) is 0 Å². The zero-order chi connectivity index (χ0) is 18.8. The summed E-state index contributed by atoms with van der Waals surface area (Å²) in [5.41, 5.74) is 0.211. The number of nitrogens with zero attached hydrogens (tertiary/aromatic N) is 2. The van der Waals surface area contributed by atoms with E-state index in [2.05, 4.69) is 15.7 Å². The predicted octanol–water partition coefficient (Wildman–Crippen LogP) is 3.37. The highest BCUT2D eigenvalue weighted by atomic mass is 19.4. The van der Waals surface area contributed by atoms with E-state index in [9.17, 15) is 22.8 Å². The first-order valence-corrected chi connectivity index (χ1v) is 7.40. The maximum absolute atomic E-state index is 12.7. The molecule has 1 heterocycles. The Morgan fingerprint density at radius 1 is 1.12 bits per heavy atom. The van der Waals surface area contributed by atoms with E-state index in [1.807, 2.05) is 0 Å². The predicted molar refractivity (Wildman–Crippen MR) is 86.1 cm³/mol. The number of aryl methyl sites for hydroxylation is 1. The highest BCUT2D eigenvalue weighted by molar-refractivity contribution is 5.94. The number of carbonyl (C=O) groups excluding carboxylic acids is 2. The smallest absolute Gasteiger partial charge is 0.326 e. The van der Waals surface area contributed by atoms with Crippen LogP contribution in [0.1, 0.15) is 31.3 Å². The van der Waals surface area contributed by atoms with Gasteiger partial charge in [-0.05, 0) is 44.2 Å². The van der Waals surface area contributed by atoms with Crippen LogP contribution in [0.25, 0.3) is 0 Å². The van der Waals surface area contributed by atoms with E-state index in [-0.39, 0.29) is 11.6 Å². The topological polar surface area (TPSA) is 76.0 Å². The lowest BCUT2D eigenvalue weighted by molar-refractivity contribution is -0.141. The SMILES string of the molecule is CC(=O)Nc1ccc(NC(=O)C(C)n2nc(C(F)(F)F)cc2C)cc1. The Labute approximate surface area is 142 Å². The van der Waals surface area contributed by atoms with E-state index >= 15 is 0 Å². The number of carbonyl (C=O) groups is 2. The van der Waals surface area contributed by atoms with Gasteiger partial charge in [-0.3, -0.25) is 14.3 Å². The fourth-order valence-electron chi connectivity index (χ4n) is 2.22. The second-order valence-corrected chi connectivity index (χ2v) is 5.54. The number of hydrogen-bond acceptors (Lipinski definition) is 3. The molecule has 0 saturated heterocycles. The highest BCUT2D eigenvalue weighted by Crippen LogP contribution is 2.29. The van der Waals surface area contributed by atoms with Crippen LogP contribution in [0.3, 0.4) is 0 Å². The third-order valence-electron chi connectivity index (χ3n) is 3.43. The molecule has 0 aliphatic carbocycles. The molecule has 1 aromatic heterocycles. The first-order valence-electron chi connectivity index (χ1n) is 7.40. The number of benzene rings is 1. The molecule has 0 radical (unpaired) electrons. The molecule has 0 bridgehead atoms. The molecule has 1 atom stereocenters. The molecule has 25 heavy (non-hydrogen) atoms. The third-order valence-corrected chi connectivity index (χ3v) is 3.43. The maximum Gasteiger partial charge on any atom is 0.435 e. The fourth-order valence-corrected chi connectivity index (χ4v) is 2.22. The van der Waals surface area contributed by atoms with Gasteiger partial charge >= 0.3 is 6.18 Å². The van der Waals surface area contributed by atoms with E-state index in [0.717, 1.165) is 10.7 Å². The molecule has 0 aliphatic rings. The summed E-state index contributed by atoms with van der Waals surface area (Å²) in [6, 6.07) is 6.32. The summed E-state index contributed by atoms with van der Waals surface area (Å²) in [6.45, 7) is 4.29. The molecule has 134 valence electrons. The lowest BCUT2D eigenvalue weighted by Crippen LogP contribution is -2.25. The Balaban J connectivity index is 2.10. The van der Waals surface area contributed by atoms with Gasteiger partial charge in [0.1, 0.15) is 6.04 Å². The van der Waals surface area contributed by atoms with Crippen molar-refractivity contribution in [3.05, 3.63) is 41.7 Å². The van der Waals surface area contributed by atoms with Crippen molar-refractivity contribution in [2.45, 2.75) is 33.0 Å². The molecule has 1 unspecified atom stereocenters. The molecule has 6 nitrogen and oxygen atoms in total. The van der Waals surface area contributed by atoms with E-state index in [4.69, 9.17) is 0 Å². The summed E-state index contributed by atoms with van der Waals surface area (Å²) in [5.74, 6) is -0.729. The molecule has 2 N–H and O–H groups in total. The zero-order valence-electron chi connectivity index (χ0n) is 13.8. The number of hydrogen-bond donors (Lipinski definition) is 2. The van der Waals surface area contributed by atoms with Gasteiger partial charge in [-0.1, -0.05) is 0 Å². The van der Waals surface area contributed by atoms with Crippen LogP contribution in [0, 0.1) is 6.92 Å². The van der Waals surface area contributed by atoms with Crippen LogP contribution in [0.15, 0.2) is 30.3 Å². The molecule has 2 aromatic rings. The fraction of sp³-hybridized carbons (Fsp3) is 0.312. The second-order valence-electron chi connectivity index (χ2n) is 5.54. The minimum Gasteiger partial charge on any atom is -0.326 e. The van der Waals surface area contributed by atoms with Gasteiger partial charge in [0.2, 0.25) is 11.8 Å². The second kappa shape index (κ2) is 6.96. The van der Waals surface area contributed by atoms with Crippen LogP contribution in [0.4, 0.5) is 24.5 Å². The van der Waals surface area contributed by atoms with Crippen molar-refractivity contribution in [2.75, 3.05) is 10.6 Å². The molecular weight excluding hydrogens is 337 g/mol. The summed E-state index contributed by atoms with van der Waals surface area (Å²) >= 11 is 0. The number of rotatable bonds is 4. The van der Waals surface area contributed by atoms with E-state index in [0.29, 0.717) is 11.4 Å². The number of anilines is 2. The Bertz CT molecular complexity index is 782. The van der Waals surface area contributed by atoms with Gasteiger partial charge in [-0.2, -0.15) is 18.3 Å². The van der Waals surface area contributed by atoms with Crippen molar-refractivity contribution >= 4 is 23.2 Å². The molecule has 0 spiro atoms. The standard InChI is InChI=1S/C16H17F3N4O2/c1-9-8-14(16(17,18)19)22-23(9)10(2)15(25)21-13-6-4-12(5-7-13)20-11(3)24/h4-8,10H,1-3H3,(H,20,24)(H,21,25). The van der Waals surface area contributed by atoms with Crippen LogP contribution in [0.2, 0.25) is 0 Å². The van der Waals surface area contributed by atoms with Crippen LogP contribution in [-0.4, -0.2) is 21.6 Å². The normalized spacial score (nSPS) is 12.6. The van der Waals surface area contributed by atoms with Gasteiger partial charge in [0.05, 0.1) is 0 Å². The monoisotopic (exact) mass is 354 g/mol. The lowest BCUT2D eigenvalue weighted by atomic mass is 10.2. The molecule has 0 fully saturated rings. The van der Waals surface area contributed by atoms with Gasteiger partial charge in [0.15, 0.2) is 5.69 Å². The lowest BCUT2D eigenvalue weighted by Gasteiger charge is -2.15. The molecule has 9 heteroatoms. The van der Waals surface area contributed by atoms with Gasteiger partial charge in [0, 0.05) is 24.0 Å². The van der Waals surface area contributed by atoms with Crippen molar-refractivity contribution in [3.63, 3.8) is 0 Å². The van der Waals surface area contributed by atoms with Gasteiger partial charge in [0.25, 0.3) is 0 Å². The number of aromatic nitrogens is 2. The highest BCUT2D eigenvalue weighted by Gasteiger charge is 2.35. The summed E-state index contributed by atoms with van der Waals surface area (Å²) in [6.07, 6.45) is -4.56. The van der Waals surface area contributed by atoms with E-state index in [1.165, 1.54) is 20.8 Å². The zero-order valence-corrected chi connectivity index (χ0v) is 13.8. The van der Waals surface area contributed by atoms with Crippen LogP contribution in [0.5, 0.6) is 0 Å². The van der Waals surface area contributed by atoms with Crippen LogP contribution in [-0.2, 0) is 15.8 Å². The third kappa shape index (κ3) is 4.59. The van der Waals surface area contributed by atoms with E-state index in [1.54, 1.807) is 24.3 Å². The minimum atomic E-state index is -4.56. The van der Waals surface area contributed by atoms with Crippen molar-refractivity contribution in [1.29, 1.82) is 0 Å². The first-order chi connectivity index (χ1) is 11.6. The molecule has 2 amide bonds. The molecule has 0 saturated carbocycles. The number of alkyl halides is 3. The Hall–Kier alpha value is -2.84. The minimum absolute atomic E-state index is 0.222. The summed E-state index contributed by atoms with van der Waals surface area (Å²) < 4.78 is 39.2. The molecule has 0 aliphatic heterocycles. The molecular formula is C16H17F3N4O2. The van der Waals surface area contributed by atoms with Crippen LogP contribution < -0.4 is 10.6 Å². The Kier molecular flexibility index (Phi) is 5.15. The summed E-state index contributed by atoms with van der Waals surface area (Å²) in [7, 11) is 0. The van der Waals surface area contributed by atoms with Crippen molar-refractivity contribution < 1.29 is 22.8 Å². The van der Waals surface area contributed by atoms with Crippen LogP contribution >= 0.6 is 0 Å². The number of nitrogens with one attached hydrogen (secondary N) is 2.